The van der Waals surface area contributed by atoms with Gasteiger partial charge >= 0.3 is 6.18 Å². The standard InChI is InChI=1S/C22H26F3N3S/c1-15-5-4-12-28(14-15)20-10-8-17(9-11-20)16(2)26-21(29)27-19-7-3-6-18(13-19)22(23,24)25/h3,6-11,13,15-16H,4-5,12,14H2,1-2H3,(H2,26,27,29)/t15-,16-/m0/s1. The van der Waals surface area contributed by atoms with Crippen LogP contribution < -0.4 is 15.5 Å². The van der Waals surface area contributed by atoms with E-state index >= 15 is 0 Å². The highest BCUT2D eigenvalue weighted by Gasteiger charge is 2.30. The minimum absolute atomic E-state index is 0.0740. The number of benzene rings is 2. The minimum atomic E-state index is -4.38. The molecule has 0 saturated carbocycles. The SMILES string of the molecule is C[C@H]1CCCN(c2ccc([C@H](C)NC(=S)Nc3cccc(C(F)(F)F)c3)cc2)C1. The van der Waals surface area contributed by atoms with E-state index in [0.29, 0.717) is 11.6 Å². The van der Waals surface area contributed by atoms with Crippen LogP contribution in [0.5, 0.6) is 0 Å². The molecule has 0 amide bonds. The van der Waals surface area contributed by atoms with Crippen molar-refractivity contribution in [1.29, 1.82) is 0 Å². The highest BCUT2D eigenvalue weighted by Crippen LogP contribution is 2.30. The topological polar surface area (TPSA) is 27.3 Å². The molecule has 3 nitrogen and oxygen atoms in total. The van der Waals surface area contributed by atoms with Gasteiger partial charge in [-0.15, -0.1) is 0 Å². The first kappa shape index (κ1) is 21.4. The van der Waals surface area contributed by atoms with E-state index in [9.17, 15) is 13.2 Å². The van der Waals surface area contributed by atoms with Crippen LogP contribution in [0.4, 0.5) is 24.5 Å². The first-order valence-corrected chi connectivity index (χ1v) is 10.2. The molecular weight excluding hydrogens is 395 g/mol. The molecule has 2 aromatic rings. The van der Waals surface area contributed by atoms with Gasteiger partial charge in [0.2, 0.25) is 0 Å². The van der Waals surface area contributed by atoms with E-state index in [4.69, 9.17) is 12.2 Å². The quantitative estimate of drug-likeness (QED) is 0.593. The number of hydrogen-bond donors (Lipinski definition) is 2. The molecule has 0 aliphatic carbocycles. The number of halogens is 3. The van der Waals surface area contributed by atoms with Gasteiger partial charge in [-0.3, -0.25) is 0 Å². The van der Waals surface area contributed by atoms with Crippen molar-refractivity contribution in [1.82, 2.24) is 5.32 Å². The van der Waals surface area contributed by atoms with Gasteiger partial charge in [0, 0.05) is 24.5 Å². The zero-order valence-corrected chi connectivity index (χ0v) is 17.4. The summed E-state index contributed by atoms with van der Waals surface area (Å²) >= 11 is 5.28. The molecule has 3 rings (SSSR count). The van der Waals surface area contributed by atoms with Gasteiger partial charge in [-0.1, -0.05) is 25.1 Å². The minimum Gasteiger partial charge on any atom is -0.371 e. The normalized spacial score (nSPS) is 18.2. The van der Waals surface area contributed by atoms with E-state index in [-0.39, 0.29) is 11.2 Å². The number of piperidine rings is 1. The second kappa shape index (κ2) is 9.03. The molecule has 0 spiro atoms. The van der Waals surface area contributed by atoms with Crippen molar-refractivity contribution in [3.8, 4) is 0 Å². The summed E-state index contributed by atoms with van der Waals surface area (Å²) in [4.78, 5) is 2.41. The van der Waals surface area contributed by atoms with Crippen molar-refractivity contribution in [2.24, 2.45) is 5.92 Å². The van der Waals surface area contributed by atoms with Gasteiger partial charge in [-0.05, 0) is 73.8 Å². The fourth-order valence-corrected chi connectivity index (χ4v) is 3.91. The molecule has 0 radical (unpaired) electrons. The van der Waals surface area contributed by atoms with Gasteiger partial charge in [0.25, 0.3) is 0 Å². The molecule has 29 heavy (non-hydrogen) atoms. The third kappa shape index (κ3) is 5.85. The molecule has 1 aliphatic rings. The van der Waals surface area contributed by atoms with Crippen molar-refractivity contribution < 1.29 is 13.2 Å². The van der Waals surface area contributed by atoms with Gasteiger partial charge in [-0.25, -0.2) is 0 Å². The number of hydrogen-bond acceptors (Lipinski definition) is 2. The number of thiocarbonyl (C=S) groups is 1. The summed E-state index contributed by atoms with van der Waals surface area (Å²) in [6.45, 7) is 6.42. The Hall–Kier alpha value is -2.28. The molecule has 1 fully saturated rings. The Morgan fingerprint density at radius 1 is 1.17 bits per heavy atom. The predicted molar refractivity (Wildman–Crippen MR) is 116 cm³/mol. The van der Waals surface area contributed by atoms with Crippen molar-refractivity contribution in [3.05, 3.63) is 59.7 Å². The first-order valence-electron chi connectivity index (χ1n) is 9.82. The summed E-state index contributed by atoms with van der Waals surface area (Å²) in [6, 6.07) is 13.3. The lowest BCUT2D eigenvalue weighted by atomic mass is 9.99. The fraction of sp³-hybridized carbons (Fsp3) is 0.409. The highest BCUT2D eigenvalue weighted by atomic mass is 32.1. The zero-order valence-electron chi connectivity index (χ0n) is 16.6. The maximum atomic E-state index is 12.8. The Balaban J connectivity index is 1.58. The Labute approximate surface area is 175 Å². The van der Waals surface area contributed by atoms with Gasteiger partial charge in [0.05, 0.1) is 11.6 Å². The monoisotopic (exact) mass is 421 g/mol. The molecule has 1 aliphatic heterocycles. The number of alkyl halides is 3. The fourth-order valence-electron chi connectivity index (χ4n) is 3.62. The van der Waals surface area contributed by atoms with Gasteiger partial charge in [-0.2, -0.15) is 13.2 Å². The summed E-state index contributed by atoms with van der Waals surface area (Å²) in [7, 11) is 0. The second-order valence-corrected chi connectivity index (χ2v) is 8.09. The van der Waals surface area contributed by atoms with E-state index in [1.165, 1.54) is 24.6 Å². The Kier molecular flexibility index (Phi) is 6.67. The average molecular weight is 422 g/mol. The average Bonchev–Trinajstić information content (AvgIpc) is 2.67. The molecule has 1 saturated heterocycles. The first-order chi connectivity index (χ1) is 13.7. The smallest absolute Gasteiger partial charge is 0.371 e. The van der Waals surface area contributed by atoms with Crippen molar-refractivity contribution >= 4 is 28.7 Å². The van der Waals surface area contributed by atoms with Crippen LogP contribution in [-0.4, -0.2) is 18.2 Å². The van der Waals surface area contributed by atoms with Crippen LogP contribution in [0.1, 0.15) is 43.9 Å². The van der Waals surface area contributed by atoms with Crippen LogP contribution in [0.15, 0.2) is 48.5 Å². The Bertz CT molecular complexity index is 836. The van der Waals surface area contributed by atoms with Crippen LogP contribution in [0.3, 0.4) is 0 Å². The van der Waals surface area contributed by atoms with Crippen LogP contribution in [0, 0.1) is 5.92 Å². The van der Waals surface area contributed by atoms with E-state index in [0.717, 1.165) is 30.8 Å². The molecule has 7 heteroatoms. The molecule has 0 unspecified atom stereocenters. The number of anilines is 2. The Morgan fingerprint density at radius 3 is 2.55 bits per heavy atom. The molecular formula is C22H26F3N3S. The van der Waals surface area contributed by atoms with E-state index in [1.54, 1.807) is 6.07 Å². The summed E-state index contributed by atoms with van der Waals surface area (Å²) in [5.74, 6) is 0.711. The summed E-state index contributed by atoms with van der Waals surface area (Å²) in [6.07, 6.45) is -1.88. The molecule has 1 heterocycles. The molecule has 156 valence electrons. The van der Waals surface area contributed by atoms with Crippen molar-refractivity contribution in [3.63, 3.8) is 0 Å². The largest absolute Gasteiger partial charge is 0.416 e. The van der Waals surface area contributed by atoms with Crippen LogP contribution >= 0.6 is 12.2 Å². The Morgan fingerprint density at radius 2 is 1.90 bits per heavy atom. The van der Waals surface area contributed by atoms with E-state index in [1.807, 2.05) is 6.92 Å². The summed E-state index contributed by atoms with van der Waals surface area (Å²) in [5, 5.41) is 6.25. The number of nitrogens with zero attached hydrogens (tertiary/aromatic N) is 1. The maximum absolute atomic E-state index is 12.8. The maximum Gasteiger partial charge on any atom is 0.416 e. The molecule has 2 N–H and O–H groups in total. The van der Waals surface area contributed by atoms with E-state index < -0.39 is 11.7 Å². The molecule has 0 bridgehead atoms. The highest BCUT2D eigenvalue weighted by molar-refractivity contribution is 7.80. The summed E-state index contributed by atoms with van der Waals surface area (Å²) in [5.41, 5.74) is 1.88. The lowest BCUT2D eigenvalue weighted by molar-refractivity contribution is -0.137. The van der Waals surface area contributed by atoms with Gasteiger partial charge in [0.15, 0.2) is 5.11 Å². The second-order valence-electron chi connectivity index (χ2n) is 7.68. The third-order valence-corrected chi connectivity index (χ3v) is 5.43. The third-order valence-electron chi connectivity index (χ3n) is 5.21. The molecule has 0 aromatic heterocycles. The number of nitrogens with one attached hydrogen (secondary N) is 2. The van der Waals surface area contributed by atoms with Gasteiger partial charge < -0.3 is 15.5 Å². The van der Waals surface area contributed by atoms with Crippen LogP contribution in [-0.2, 0) is 6.18 Å². The lowest BCUT2D eigenvalue weighted by Crippen LogP contribution is -2.34. The van der Waals surface area contributed by atoms with Crippen LogP contribution in [0.25, 0.3) is 0 Å². The zero-order chi connectivity index (χ0) is 21.0. The lowest BCUT2D eigenvalue weighted by Gasteiger charge is -2.33. The summed E-state index contributed by atoms with van der Waals surface area (Å²) < 4.78 is 38.5. The molecule has 2 atom stereocenters. The molecule has 2 aromatic carbocycles. The predicted octanol–water partition coefficient (Wildman–Crippen LogP) is 5.99. The van der Waals surface area contributed by atoms with Gasteiger partial charge in [0.1, 0.15) is 0 Å². The van der Waals surface area contributed by atoms with Crippen LogP contribution in [0.2, 0.25) is 0 Å². The van der Waals surface area contributed by atoms with E-state index in [2.05, 4.69) is 46.7 Å². The number of rotatable bonds is 4. The van der Waals surface area contributed by atoms with Crippen molar-refractivity contribution in [2.45, 2.75) is 38.9 Å². The van der Waals surface area contributed by atoms with Crippen molar-refractivity contribution in [2.75, 3.05) is 23.3 Å².